The summed E-state index contributed by atoms with van der Waals surface area (Å²) in [6.45, 7) is 7.26. The molecule has 0 aromatic heterocycles. The number of carbonyl (C=O) groups excluding carboxylic acids is 1. The van der Waals surface area contributed by atoms with Crippen LogP contribution >= 0.6 is 0 Å². The first kappa shape index (κ1) is 22.6. The van der Waals surface area contributed by atoms with Gasteiger partial charge in [-0.3, -0.25) is 14.6 Å². The maximum Gasteiger partial charge on any atom is 0.236 e. The van der Waals surface area contributed by atoms with Crippen LogP contribution in [0.4, 0.5) is 0 Å². The van der Waals surface area contributed by atoms with E-state index in [9.17, 15) is 4.79 Å². The highest BCUT2D eigenvalue weighted by Crippen LogP contribution is 2.28. The second-order valence-electron chi connectivity index (χ2n) is 10.4. The lowest BCUT2D eigenvalue weighted by molar-refractivity contribution is -0.135. The van der Waals surface area contributed by atoms with Crippen LogP contribution in [0.1, 0.15) is 36.0 Å². The Balaban J connectivity index is 1.17. The van der Waals surface area contributed by atoms with Gasteiger partial charge in [-0.2, -0.15) is 0 Å². The summed E-state index contributed by atoms with van der Waals surface area (Å²) in [5.41, 5.74) is 6.73. The van der Waals surface area contributed by atoms with E-state index in [1.807, 2.05) is 0 Å². The molecule has 0 radical (unpaired) electrons. The molecule has 0 bridgehead atoms. The monoisotopic (exact) mass is 446 g/mol. The topological polar surface area (TPSA) is 30.0 Å². The van der Waals surface area contributed by atoms with Gasteiger partial charge >= 0.3 is 0 Å². The molecule has 2 aromatic carbocycles. The standard InChI is InChI=1S/C28H38N4O/c1-29(2)19-22-5-3-6-23(17-22)24-9-10-26-20-30(12-11-25(26)18-24)21-28(33)32-15-13-31(14-16-32)27-7-4-8-27/h3,5-6,9-10,17-18,27H,4,7-8,11-16,19-21H2,1-2H3. The summed E-state index contributed by atoms with van der Waals surface area (Å²) in [6.07, 6.45) is 5.10. The number of piperazine rings is 1. The average Bonchev–Trinajstić information content (AvgIpc) is 2.78. The number of rotatable bonds is 6. The van der Waals surface area contributed by atoms with E-state index < -0.39 is 0 Å². The highest BCUT2D eigenvalue weighted by atomic mass is 16.2. The van der Waals surface area contributed by atoms with Crippen molar-refractivity contribution in [3.8, 4) is 11.1 Å². The van der Waals surface area contributed by atoms with Gasteiger partial charge in [0.15, 0.2) is 0 Å². The van der Waals surface area contributed by atoms with Gasteiger partial charge in [0.2, 0.25) is 5.91 Å². The van der Waals surface area contributed by atoms with Crippen molar-refractivity contribution in [1.29, 1.82) is 0 Å². The SMILES string of the molecule is CN(C)Cc1cccc(-c2ccc3c(c2)CCN(CC(=O)N2CCN(C4CCC4)CC2)C3)c1. The number of fused-ring (bicyclic) bond motifs is 1. The van der Waals surface area contributed by atoms with Crippen molar-refractivity contribution in [2.24, 2.45) is 0 Å². The van der Waals surface area contributed by atoms with Crippen molar-refractivity contribution < 1.29 is 4.79 Å². The zero-order chi connectivity index (χ0) is 22.8. The van der Waals surface area contributed by atoms with Crippen LogP contribution < -0.4 is 0 Å². The van der Waals surface area contributed by atoms with Crippen molar-refractivity contribution in [3.63, 3.8) is 0 Å². The molecule has 1 aliphatic carbocycles. The Kier molecular flexibility index (Phi) is 6.81. The molecule has 0 spiro atoms. The summed E-state index contributed by atoms with van der Waals surface area (Å²) in [6, 6.07) is 16.6. The van der Waals surface area contributed by atoms with E-state index in [1.54, 1.807) is 0 Å². The predicted octanol–water partition coefficient (Wildman–Crippen LogP) is 3.47. The molecule has 176 valence electrons. The Labute approximate surface area is 199 Å². The van der Waals surface area contributed by atoms with Gasteiger partial charge in [-0.15, -0.1) is 0 Å². The lowest BCUT2D eigenvalue weighted by Gasteiger charge is -2.43. The Morgan fingerprint density at radius 3 is 2.45 bits per heavy atom. The van der Waals surface area contributed by atoms with Crippen molar-refractivity contribution in [1.82, 2.24) is 19.6 Å². The van der Waals surface area contributed by atoms with Crippen LogP contribution in [0.25, 0.3) is 11.1 Å². The summed E-state index contributed by atoms with van der Waals surface area (Å²) >= 11 is 0. The van der Waals surface area contributed by atoms with Gasteiger partial charge < -0.3 is 9.80 Å². The molecule has 0 atom stereocenters. The number of amides is 1. The van der Waals surface area contributed by atoms with Crippen molar-refractivity contribution in [2.45, 2.75) is 44.8 Å². The first-order valence-electron chi connectivity index (χ1n) is 12.7. The molecule has 2 heterocycles. The summed E-state index contributed by atoms with van der Waals surface area (Å²) < 4.78 is 0. The van der Waals surface area contributed by atoms with Crippen LogP contribution in [0.5, 0.6) is 0 Å². The Morgan fingerprint density at radius 2 is 1.73 bits per heavy atom. The van der Waals surface area contributed by atoms with Crippen molar-refractivity contribution in [2.75, 3.05) is 53.4 Å². The predicted molar refractivity (Wildman–Crippen MR) is 134 cm³/mol. The minimum Gasteiger partial charge on any atom is -0.339 e. The van der Waals surface area contributed by atoms with E-state index >= 15 is 0 Å². The average molecular weight is 447 g/mol. The molecule has 2 fully saturated rings. The molecular formula is C28H38N4O. The number of nitrogens with zero attached hydrogens (tertiary/aromatic N) is 4. The summed E-state index contributed by atoms with van der Waals surface area (Å²) in [5, 5.41) is 0. The lowest BCUT2D eigenvalue weighted by Crippen LogP contribution is -2.55. The zero-order valence-electron chi connectivity index (χ0n) is 20.3. The highest BCUT2D eigenvalue weighted by Gasteiger charge is 2.30. The molecule has 0 N–H and O–H groups in total. The summed E-state index contributed by atoms with van der Waals surface area (Å²) in [5.74, 6) is 0.307. The van der Waals surface area contributed by atoms with Gasteiger partial charge in [0, 0.05) is 51.9 Å². The Bertz CT molecular complexity index is 976. The van der Waals surface area contributed by atoms with E-state index in [-0.39, 0.29) is 0 Å². The van der Waals surface area contributed by atoms with Crippen molar-refractivity contribution in [3.05, 3.63) is 59.2 Å². The second kappa shape index (κ2) is 9.96. The molecule has 2 aliphatic heterocycles. The molecule has 5 heteroatoms. The van der Waals surface area contributed by atoms with Crippen LogP contribution in [-0.2, 0) is 24.3 Å². The molecular weight excluding hydrogens is 408 g/mol. The van der Waals surface area contributed by atoms with Gasteiger partial charge in [0.1, 0.15) is 0 Å². The maximum atomic E-state index is 12.9. The van der Waals surface area contributed by atoms with E-state index in [2.05, 4.69) is 76.2 Å². The third-order valence-corrected chi connectivity index (χ3v) is 7.67. The van der Waals surface area contributed by atoms with E-state index in [0.29, 0.717) is 12.5 Å². The van der Waals surface area contributed by atoms with Gasteiger partial charge in [0.05, 0.1) is 6.54 Å². The number of hydrogen-bond donors (Lipinski definition) is 0. The first-order chi connectivity index (χ1) is 16.0. The third-order valence-electron chi connectivity index (χ3n) is 7.67. The van der Waals surface area contributed by atoms with Crippen LogP contribution in [0.15, 0.2) is 42.5 Å². The fourth-order valence-corrected chi connectivity index (χ4v) is 5.52. The third kappa shape index (κ3) is 5.32. The van der Waals surface area contributed by atoms with E-state index in [0.717, 1.165) is 58.3 Å². The van der Waals surface area contributed by atoms with Crippen LogP contribution in [0, 0.1) is 0 Å². The largest absolute Gasteiger partial charge is 0.339 e. The molecule has 1 saturated heterocycles. The van der Waals surface area contributed by atoms with Crippen LogP contribution in [-0.4, -0.2) is 84.9 Å². The number of benzene rings is 2. The van der Waals surface area contributed by atoms with Gasteiger partial charge in [0.25, 0.3) is 0 Å². The summed E-state index contributed by atoms with van der Waals surface area (Å²) in [4.78, 5) is 22.2. The van der Waals surface area contributed by atoms with Gasteiger partial charge in [-0.05, 0) is 67.2 Å². The van der Waals surface area contributed by atoms with Gasteiger partial charge in [-0.25, -0.2) is 0 Å². The Morgan fingerprint density at radius 1 is 0.939 bits per heavy atom. The Hall–Kier alpha value is -2.21. The number of hydrogen-bond acceptors (Lipinski definition) is 4. The smallest absolute Gasteiger partial charge is 0.236 e. The zero-order valence-corrected chi connectivity index (χ0v) is 20.3. The van der Waals surface area contributed by atoms with E-state index in [1.165, 1.54) is 47.1 Å². The molecule has 0 unspecified atom stereocenters. The van der Waals surface area contributed by atoms with E-state index in [4.69, 9.17) is 0 Å². The van der Waals surface area contributed by atoms with Gasteiger partial charge in [-0.1, -0.05) is 42.8 Å². The molecule has 5 rings (SSSR count). The molecule has 3 aliphatic rings. The fourth-order valence-electron chi connectivity index (χ4n) is 5.52. The molecule has 33 heavy (non-hydrogen) atoms. The van der Waals surface area contributed by atoms with Crippen LogP contribution in [0.3, 0.4) is 0 Å². The van der Waals surface area contributed by atoms with Crippen molar-refractivity contribution >= 4 is 5.91 Å². The minimum absolute atomic E-state index is 0.307. The molecule has 1 saturated carbocycles. The maximum absolute atomic E-state index is 12.9. The quantitative estimate of drug-likeness (QED) is 0.680. The van der Waals surface area contributed by atoms with Crippen LogP contribution in [0.2, 0.25) is 0 Å². The summed E-state index contributed by atoms with van der Waals surface area (Å²) in [7, 11) is 4.22. The second-order valence-corrected chi connectivity index (χ2v) is 10.4. The minimum atomic E-state index is 0.307. The first-order valence-corrected chi connectivity index (χ1v) is 12.7. The molecule has 2 aromatic rings. The fraction of sp³-hybridized carbons (Fsp3) is 0.536. The highest BCUT2D eigenvalue weighted by molar-refractivity contribution is 5.78. The number of carbonyl (C=O) groups is 1. The molecule has 1 amide bonds. The molecule has 5 nitrogen and oxygen atoms in total. The lowest BCUT2D eigenvalue weighted by atomic mass is 9.91. The normalized spacial score (nSPS) is 20.0.